The molecule has 2 aliphatic rings. The molecular formula is C18H23N3O3. The van der Waals surface area contributed by atoms with Gasteiger partial charge in [0.25, 0.3) is 0 Å². The highest BCUT2D eigenvalue weighted by molar-refractivity contribution is 5.99. The monoisotopic (exact) mass is 329 g/mol. The number of nitrogens with two attached hydrogens (primary N) is 1. The molecule has 6 nitrogen and oxygen atoms in total. The smallest absolute Gasteiger partial charge is 0.242 e. The first-order chi connectivity index (χ1) is 11.6. The highest BCUT2D eigenvalue weighted by atomic mass is 16.2. The standard InChI is InChI=1S/C18H23N3O3/c19-18(24)14-8-10-20(11-9-14)17(23)12-21-15-6-2-1-4-13(15)5-3-7-16(21)22/h1-2,4,6,14H,3,5,7-12H2,(H2,19,24). The lowest BCUT2D eigenvalue weighted by molar-refractivity contribution is -0.134. The SMILES string of the molecule is NC(=O)C1CCN(C(=O)CN2C(=O)CCCc3ccccc32)CC1. The van der Waals surface area contributed by atoms with E-state index in [9.17, 15) is 14.4 Å². The van der Waals surface area contributed by atoms with Gasteiger partial charge in [0.05, 0.1) is 0 Å². The Morgan fingerprint density at radius 3 is 2.54 bits per heavy atom. The molecule has 0 bridgehead atoms. The average molecular weight is 329 g/mol. The minimum Gasteiger partial charge on any atom is -0.369 e. The summed E-state index contributed by atoms with van der Waals surface area (Å²) in [5, 5.41) is 0. The average Bonchev–Trinajstić information content (AvgIpc) is 2.74. The second kappa shape index (κ2) is 7.03. The number of fused-ring (bicyclic) bond motifs is 1. The summed E-state index contributed by atoms with van der Waals surface area (Å²) < 4.78 is 0. The number of primary amides is 1. The summed E-state index contributed by atoms with van der Waals surface area (Å²) in [6, 6.07) is 7.78. The van der Waals surface area contributed by atoms with Crippen LogP contribution in [0.2, 0.25) is 0 Å². The van der Waals surface area contributed by atoms with Crippen molar-refractivity contribution >= 4 is 23.4 Å². The Hall–Kier alpha value is -2.37. The summed E-state index contributed by atoms with van der Waals surface area (Å²) in [5.74, 6) is -0.503. The maximum Gasteiger partial charge on any atom is 0.242 e. The Morgan fingerprint density at radius 2 is 1.83 bits per heavy atom. The van der Waals surface area contributed by atoms with E-state index in [1.54, 1.807) is 9.80 Å². The zero-order valence-electron chi connectivity index (χ0n) is 13.7. The fourth-order valence-corrected chi connectivity index (χ4v) is 3.51. The van der Waals surface area contributed by atoms with Crippen LogP contribution in [0.25, 0.3) is 0 Å². The normalized spacial score (nSPS) is 18.9. The molecule has 24 heavy (non-hydrogen) atoms. The van der Waals surface area contributed by atoms with Gasteiger partial charge in [-0.05, 0) is 37.3 Å². The number of piperidine rings is 1. The van der Waals surface area contributed by atoms with Crippen molar-refractivity contribution in [3.8, 4) is 0 Å². The van der Waals surface area contributed by atoms with Crippen molar-refractivity contribution in [2.45, 2.75) is 32.1 Å². The molecule has 6 heteroatoms. The molecule has 1 saturated heterocycles. The lowest BCUT2D eigenvalue weighted by atomic mass is 9.96. The molecule has 2 N–H and O–H groups in total. The summed E-state index contributed by atoms with van der Waals surface area (Å²) in [6.45, 7) is 1.11. The number of para-hydroxylation sites is 1. The first kappa shape index (κ1) is 16.5. The van der Waals surface area contributed by atoms with Gasteiger partial charge < -0.3 is 15.5 Å². The number of aryl methyl sites for hydroxylation is 1. The second-order valence-electron chi connectivity index (χ2n) is 6.52. The lowest BCUT2D eigenvalue weighted by Gasteiger charge is -2.32. The highest BCUT2D eigenvalue weighted by Gasteiger charge is 2.29. The zero-order valence-corrected chi connectivity index (χ0v) is 13.7. The molecule has 2 heterocycles. The number of carbonyl (C=O) groups is 3. The second-order valence-corrected chi connectivity index (χ2v) is 6.52. The molecule has 3 amide bonds. The van der Waals surface area contributed by atoms with Gasteiger partial charge in [-0.1, -0.05) is 18.2 Å². The number of amides is 3. The van der Waals surface area contributed by atoms with Gasteiger partial charge in [-0.25, -0.2) is 0 Å². The number of likely N-dealkylation sites (tertiary alicyclic amines) is 1. The van der Waals surface area contributed by atoms with Gasteiger partial charge in [-0.15, -0.1) is 0 Å². The van der Waals surface area contributed by atoms with Crippen LogP contribution in [0.5, 0.6) is 0 Å². The van der Waals surface area contributed by atoms with Crippen molar-refractivity contribution in [1.29, 1.82) is 0 Å². The molecule has 0 spiro atoms. The van der Waals surface area contributed by atoms with Crippen LogP contribution in [0.4, 0.5) is 5.69 Å². The summed E-state index contributed by atoms with van der Waals surface area (Å²) >= 11 is 0. The van der Waals surface area contributed by atoms with E-state index in [1.807, 2.05) is 24.3 Å². The van der Waals surface area contributed by atoms with Crippen molar-refractivity contribution in [1.82, 2.24) is 4.90 Å². The van der Waals surface area contributed by atoms with E-state index in [0.29, 0.717) is 32.4 Å². The third kappa shape index (κ3) is 3.42. The largest absolute Gasteiger partial charge is 0.369 e. The Labute approximate surface area is 141 Å². The summed E-state index contributed by atoms with van der Waals surface area (Å²) in [7, 11) is 0. The van der Waals surface area contributed by atoms with E-state index in [2.05, 4.69) is 0 Å². The number of nitrogens with zero attached hydrogens (tertiary/aromatic N) is 2. The van der Waals surface area contributed by atoms with E-state index in [0.717, 1.165) is 24.1 Å². The van der Waals surface area contributed by atoms with Crippen molar-refractivity contribution in [3.05, 3.63) is 29.8 Å². The quantitative estimate of drug-likeness (QED) is 0.900. The van der Waals surface area contributed by atoms with E-state index in [1.165, 1.54) is 0 Å². The Morgan fingerprint density at radius 1 is 1.12 bits per heavy atom. The first-order valence-corrected chi connectivity index (χ1v) is 8.51. The van der Waals surface area contributed by atoms with Gasteiger partial charge in [0.1, 0.15) is 6.54 Å². The first-order valence-electron chi connectivity index (χ1n) is 8.51. The van der Waals surface area contributed by atoms with Gasteiger partial charge in [0, 0.05) is 31.1 Å². The van der Waals surface area contributed by atoms with Crippen molar-refractivity contribution in [3.63, 3.8) is 0 Å². The zero-order chi connectivity index (χ0) is 17.1. The number of benzene rings is 1. The molecular weight excluding hydrogens is 306 g/mol. The number of rotatable bonds is 3. The van der Waals surface area contributed by atoms with Crippen molar-refractivity contribution in [2.24, 2.45) is 11.7 Å². The Bertz CT molecular complexity index is 651. The van der Waals surface area contributed by atoms with Crippen LogP contribution in [0, 0.1) is 5.92 Å². The van der Waals surface area contributed by atoms with Crippen LogP contribution in [0.15, 0.2) is 24.3 Å². The third-order valence-corrected chi connectivity index (χ3v) is 4.96. The lowest BCUT2D eigenvalue weighted by Crippen LogP contribution is -2.47. The molecule has 0 unspecified atom stereocenters. The van der Waals surface area contributed by atoms with Gasteiger partial charge in [0.2, 0.25) is 17.7 Å². The fourth-order valence-electron chi connectivity index (χ4n) is 3.51. The molecule has 0 saturated carbocycles. The van der Waals surface area contributed by atoms with Crippen molar-refractivity contribution < 1.29 is 14.4 Å². The molecule has 0 aliphatic carbocycles. The van der Waals surface area contributed by atoms with Crippen LogP contribution in [-0.2, 0) is 20.8 Å². The molecule has 3 rings (SSSR count). The number of anilines is 1. The van der Waals surface area contributed by atoms with E-state index < -0.39 is 0 Å². The Kier molecular flexibility index (Phi) is 4.83. The van der Waals surface area contributed by atoms with Gasteiger partial charge in [-0.3, -0.25) is 14.4 Å². The van der Waals surface area contributed by atoms with Crippen LogP contribution in [-0.4, -0.2) is 42.3 Å². The van der Waals surface area contributed by atoms with Gasteiger partial charge in [-0.2, -0.15) is 0 Å². The molecule has 1 aromatic carbocycles. The molecule has 0 atom stereocenters. The van der Waals surface area contributed by atoms with Gasteiger partial charge >= 0.3 is 0 Å². The molecule has 128 valence electrons. The summed E-state index contributed by atoms with van der Waals surface area (Å²) in [6.07, 6.45) is 3.34. The minimum absolute atomic E-state index is 0.000298. The van der Waals surface area contributed by atoms with Crippen LogP contribution in [0.3, 0.4) is 0 Å². The van der Waals surface area contributed by atoms with Crippen LogP contribution in [0.1, 0.15) is 31.2 Å². The summed E-state index contributed by atoms with van der Waals surface area (Å²) in [5.41, 5.74) is 7.29. The molecule has 2 aliphatic heterocycles. The maximum atomic E-state index is 12.6. The van der Waals surface area contributed by atoms with Crippen molar-refractivity contribution in [2.75, 3.05) is 24.5 Å². The Balaban J connectivity index is 1.70. The van der Waals surface area contributed by atoms with Crippen LogP contribution < -0.4 is 10.6 Å². The van der Waals surface area contributed by atoms with Crippen LogP contribution >= 0.6 is 0 Å². The van der Waals surface area contributed by atoms with Gasteiger partial charge in [0.15, 0.2) is 0 Å². The number of hydrogen-bond acceptors (Lipinski definition) is 3. The summed E-state index contributed by atoms with van der Waals surface area (Å²) in [4.78, 5) is 39.6. The molecule has 0 aromatic heterocycles. The third-order valence-electron chi connectivity index (χ3n) is 4.96. The van der Waals surface area contributed by atoms with E-state index in [-0.39, 0.29) is 30.2 Å². The molecule has 1 fully saturated rings. The van der Waals surface area contributed by atoms with E-state index in [4.69, 9.17) is 5.73 Å². The molecule has 0 radical (unpaired) electrons. The topological polar surface area (TPSA) is 83.7 Å². The predicted molar refractivity (Wildman–Crippen MR) is 90.2 cm³/mol. The predicted octanol–water partition coefficient (Wildman–Crippen LogP) is 1.08. The van der Waals surface area contributed by atoms with E-state index >= 15 is 0 Å². The number of carbonyl (C=O) groups excluding carboxylic acids is 3. The highest BCUT2D eigenvalue weighted by Crippen LogP contribution is 2.27. The fraction of sp³-hybridized carbons (Fsp3) is 0.500. The minimum atomic E-state index is -0.293. The number of hydrogen-bond donors (Lipinski definition) is 1. The molecule has 1 aromatic rings. The maximum absolute atomic E-state index is 12.6.